The maximum Gasteiger partial charge on any atom is 0.323 e. The van der Waals surface area contributed by atoms with Crippen LogP contribution in [0.4, 0.5) is 23.2 Å². The predicted molar refractivity (Wildman–Crippen MR) is 393 cm³/mol. The first-order valence-corrected chi connectivity index (χ1v) is 32.2. The monoisotopic (exact) mass is 1480 g/mol. The summed E-state index contributed by atoms with van der Waals surface area (Å²) in [6.07, 6.45) is 7.20. The third kappa shape index (κ3) is 18.3. The Morgan fingerprint density at radius 2 is 1.10 bits per heavy atom. The van der Waals surface area contributed by atoms with Crippen molar-refractivity contribution in [2.24, 2.45) is 0 Å². The van der Waals surface area contributed by atoms with E-state index < -0.39 is 53.8 Å². The lowest BCUT2D eigenvalue weighted by atomic mass is 9.97. The van der Waals surface area contributed by atoms with Crippen LogP contribution in [0.3, 0.4) is 0 Å². The fraction of sp³-hybridized carbons (Fsp3) is 0.250. The molecule has 524 valence electrons. The molecule has 4 aromatic heterocycles. The number of ketones is 3. The zero-order chi connectivity index (χ0) is 69.9. The number of aromatic nitrogens is 6. The summed E-state index contributed by atoms with van der Waals surface area (Å²) in [6, 6.07) is 28.5. The van der Waals surface area contributed by atoms with E-state index in [0.29, 0.717) is 99.5 Å². The number of hydrogen-bond acceptors (Lipinski definition) is 15. The number of ether oxygens (including phenoxy) is 2. The van der Waals surface area contributed by atoms with Crippen LogP contribution in [-0.4, -0.2) is 126 Å². The largest absolute Gasteiger partial charge is 0.496 e. The molecular weight excluding hydrogens is 1410 g/mol. The Morgan fingerprint density at radius 1 is 0.640 bits per heavy atom. The highest BCUT2D eigenvalue weighted by molar-refractivity contribution is 8.07. The summed E-state index contributed by atoms with van der Waals surface area (Å²) in [4.78, 5) is 93.2. The van der Waals surface area contributed by atoms with Crippen molar-refractivity contribution in [3.63, 3.8) is 0 Å². The van der Waals surface area contributed by atoms with Gasteiger partial charge in [0.25, 0.3) is 0 Å². The molecule has 0 aliphatic carbocycles. The second kappa shape index (κ2) is 35.8. The number of anilines is 1. The number of alkyl halides is 2. The number of amides is 2. The van der Waals surface area contributed by atoms with Gasteiger partial charge in [-0.05, 0) is 63.6 Å². The van der Waals surface area contributed by atoms with Crippen LogP contribution in [-0.2, 0) is 61.1 Å². The van der Waals surface area contributed by atoms with Crippen LogP contribution >= 0.6 is 49.1 Å². The Morgan fingerprint density at radius 3 is 1.55 bits per heavy atom. The number of benzene rings is 6. The molecule has 0 spiro atoms. The van der Waals surface area contributed by atoms with Crippen molar-refractivity contribution in [2.75, 3.05) is 32.6 Å². The molecule has 100 heavy (non-hydrogen) atoms. The van der Waals surface area contributed by atoms with Crippen LogP contribution in [0.15, 0.2) is 146 Å². The highest BCUT2D eigenvalue weighted by Gasteiger charge is 2.40. The predicted octanol–water partition coefficient (Wildman–Crippen LogP) is 14.5. The van der Waals surface area contributed by atoms with Crippen molar-refractivity contribution < 1.29 is 60.9 Å². The molecule has 6 aromatic carbocycles. The lowest BCUT2D eigenvalue weighted by Crippen LogP contribution is -2.44. The number of carbonyl (C=O) groups excluding carboxylic acids is 5. The van der Waals surface area contributed by atoms with Crippen molar-refractivity contribution in [3.05, 3.63) is 196 Å². The molecule has 28 heteroatoms. The summed E-state index contributed by atoms with van der Waals surface area (Å²) in [5.74, 6) is -1.68. The third-order valence-electron chi connectivity index (χ3n) is 16.3. The van der Waals surface area contributed by atoms with E-state index in [2.05, 4.69) is 52.9 Å². The second-order valence-corrected chi connectivity index (χ2v) is 23.6. The minimum Gasteiger partial charge on any atom is -0.496 e. The first kappa shape index (κ1) is 79.9. The number of methoxy groups -OCH3 is 2. The number of halogens is 7. The van der Waals surface area contributed by atoms with Gasteiger partial charge in [-0.1, -0.05) is 97.4 Å². The van der Waals surface area contributed by atoms with Crippen LogP contribution in [0, 0.1) is 25.5 Å². The Hall–Kier alpha value is -9.08. The zero-order valence-electron chi connectivity index (χ0n) is 54.0. The lowest BCUT2D eigenvalue weighted by Gasteiger charge is -2.24. The van der Waals surface area contributed by atoms with E-state index in [-0.39, 0.29) is 107 Å². The average molecular weight is 1480 g/mol. The van der Waals surface area contributed by atoms with Gasteiger partial charge < -0.3 is 39.2 Å². The molecule has 2 fully saturated rings. The molecule has 6 heterocycles. The van der Waals surface area contributed by atoms with Crippen molar-refractivity contribution in [2.45, 2.75) is 91.9 Å². The molecule has 0 saturated carbocycles. The minimum absolute atomic E-state index is 0. The fourth-order valence-corrected chi connectivity index (χ4v) is 12.1. The summed E-state index contributed by atoms with van der Waals surface area (Å²) in [5, 5.41) is 16.5. The van der Waals surface area contributed by atoms with E-state index in [4.69, 9.17) is 37.8 Å². The fourth-order valence-electron chi connectivity index (χ4n) is 11.6. The van der Waals surface area contributed by atoms with Gasteiger partial charge in [-0.25, -0.2) is 37.5 Å². The molecule has 0 radical (unpaired) electrons. The number of nitrogens with one attached hydrogen (secondary N) is 2. The lowest BCUT2D eigenvalue weighted by molar-refractivity contribution is -0.137. The quantitative estimate of drug-likeness (QED) is 0.0568. The number of carboxylic acids is 1. The van der Waals surface area contributed by atoms with Gasteiger partial charge in [-0.2, -0.15) is 13.5 Å². The number of fused-ring (bicyclic) bond motifs is 2. The Balaban J connectivity index is 0.000000251. The van der Waals surface area contributed by atoms with E-state index in [1.54, 1.807) is 153 Å². The highest BCUT2D eigenvalue weighted by Crippen LogP contribution is 2.40. The Bertz CT molecular complexity index is 4650. The molecule has 2 aliphatic rings. The van der Waals surface area contributed by atoms with E-state index in [1.807, 2.05) is 6.07 Å². The van der Waals surface area contributed by atoms with Gasteiger partial charge >= 0.3 is 5.97 Å². The molecule has 2 aliphatic heterocycles. The smallest absolute Gasteiger partial charge is 0.323 e. The maximum absolute atomic E-state index is 15.6. The Labute approximate surface area is 607 Å². The maximum atomic E-state index is 15.6. The molecular formula is C72H70Cl3F4N9O9S3. The van der Waals surface area contributed by atoms with Gasteiger partial charge in [0.05, 0.1) is 43.5 Å². The molecule has 10 aromatic rings. The van der Waals surface area contributed by atoms with Gasteiger partial charge in [0.1, 0.15) is 60.4 Å². The van der Waals surface area contributed by atoms with Crippen molar-refractivity contribution >= 4 is 134 Å². The number of nitrogens with zero attached hydrogens (tertiary/aromatic N) is 7. The summed E-state index contributed by atoms with van der Waals surface area (Å²) < 4.78 is 72.5. The van der Waals surface area contributed by atoms with Gasteiger partial charge in [0.15, 0.2) is 23.2 Å². The van der Waals surface area contributed by atoms with Crippen LogP contribution < -0.4 is 20.1 Å². The molecule has 0 unspecified atom stereocenters. The summed E-state index contributed by atoms with van der Waals surface area (Å²) >= 11 is 19.7. The van der Waals surface area contributed by atoms with Gasteiger partial charge in [-0.3, -0.25) is 28.8 Å². The number of carboxylic acid groups (broad SMARTS) is 1. The molecule has 12 rings (SSSR count). The normalized spacial score (nSPS) is 15.0. The van der Waals surface area contributed by atoms with Crippen LogP contribution in [0.1, 0.15) is 72.0 Å². The molecule has 3 N–H and O–H groups in total. The van der Waals surface area contributed by atoms with Crippen LogP contribution in [0.5, 0.6) is 11.5 Å². The number of Topliss-reactive ketones (excluding diaryl/α,β-unsaturated/α-hetero) is 3. The van der Waals surface area contributed by atoms with Crippen molar-refractivity contribution in [3.8, 4) is 56.0 Å². The average Bonchev–Trinajstić information content (AvgIpc) is 1.60. The van der Waals surface area contributed by atoms with Crippen LogP contribution in [0.2, 0.25) is 10.0 Å². The Kier molecular flexibility index (Phi) is 28.6. The summed E-state index contributed by atoms with van der Waals surface area (Å²) in [6.45, 7) is 5.80. The minimum atomic E-state index is -1.46. The second-order valence-electron chi connectivity index (χ2n) is 22.8. The number of aryl methyl sites for hydroxylation is 2. The number of likely N-dealkylation sites (tertiary alicyclic amines) is 1. The van der Waals surface area contributed by atoms with Gasteiger partial charge in [0.2, 0.25) is 11.8 Å². The molecule has 4 atom stereocenters. The van der Waals surface area contributed by atoms with Crippen molar-refractivity contribution in [1.82, 2.24) is 39.3 Å². The van der Waals surface area contributed by atoms with E-state index in [0.717, 1.165) is 16.0 Å². The number of carbonyl (C=O) groups is 6. The molecule has 0 bridgehead atoms. The summed E-state index contributed by atoms with van der Waals surface area (Å²) in [7, 11) is 3.04. The topological polar surface area (TPSA) is 230 Å². The molecule has 2 saturated heterocycles. The van der Waals surface area contributed by atoms with E-state index in [1.165, 1.54) is 38.7 Å². The van der Waals surface area contributed by atoms with E-state index in [9.17, 15) is 41.9 Å². The number of aliphatic carboxylic acids is 1. The van der Waals surface area contributed by atoms with Crippen LogP contribution in [0.25, 0.3) is 66.3 Å². The van der Waals surface area contributed by atoms with E-state index >= 15 is 4.39 Å². The SMILES string of the molecule is C.COc1cc2c(cc1-c1cnc(C)nc1)c(C(C)=O)cn2CC(=O)N1C[C@H](F)C[C@H]1C(=O)Nc1cccc(-c2ccccc2Cl)c1F.COc1cc2c(cc1-c1cnc(C)nc1)c(C(C)=O)cn2CC(=O)O.Cl.O=C(Cc1cccc(-c2ccccc2Cl)c1F)[C@@H]1C[C@@H](F)CN1.S.S=S. The standard InChI is InChI=1S/C35H30ClF2N5O4.C18H16ClF2NO.C18H17N3O4.CH4.ClH.S2.H2S/c1-19(44)27-17-42(30-13-32(47-3)25(12-26(27)30)21-14-39-20(2)40-15-21)18-33(45)43-16-22(37)11-31(43)35(46)41-29-10-6-8-24(34(29)38)23-7-4-5-9-28(23)36;19-15-7-2-1-5-13(15)14-6-3-4-11(18(14)21)8-17(23)16-9-12(20)10-22-16;1-10(22)15-8-21(9-18(23)24)16-5-17(25-3)13(4-14(15)16)12-6-19-11(2)20-7-12;;;1-2;/h4-10,12-15,17,22,31H,11,16,18H2,1-3H3,(H,41,46);1-7,12,16,22H,8-10H2;4-8H,9H2,1-3H3,(H,23,24);1H4;1H;;1H2/t22-,31+;12-,16+;;;;;/m11...../s1. The van der Waals surface area contributed by atoms with Crippen molar-refractivity contribution in [1.29, 1.82) is 0 Å². The first-order chi connectivity index (χ1) is 46.5. The zero-order valence-corrected chi connectivity index (χ0v) is 58.9. The first-order valence-electron chi connectivity index (χ1n) is 30.1. The molecule has 2 amide bonds. The summed E-state index contributed by atoms with van der Waals surface area (Å²) in [5.41, 5.74) is 6.61. The molecule has 18 nitrogen and oxygen atoms in total. The highest BCUT2D eigenvalue weighted by atomic mass is 35.5. The van der Waals surface area contributed by atoms with Gasteiger partial charge in [0, 0.05) is 174 Å². The third-order valence-corrected chi connectivity index (χ3v) is 17.0. The number of hydrogen-bond donors (Lipinski definition) is 3. The number of rotatable bonds is 17. The van der Waals surface area contributed by atoms with Gasteiger partial charge in [-0.15, -0.1) is 12.4 Å².